The lowest BCUT2D eigenvalue weighted by Gasteiger charge is -2.27. The molecule has 4 rings (SSSR count). The number of hydrogen-bond acceptors (Lipinski definition) is 3. The number of rotatable bonds is 2. The van der Waals surface area contributed by atoms with Crippen molar-refractivity contribution in [3.8, 4) is 11.3 Å². The second-order valence-corrected chi connectivity index (χ2v) is 8.88. The first-order valence-electron chi connectivity index (χ1n) is 10.4. The van der Waals surface area contributed by atoms with E-state index in [2.05, 4.69) is 41.2 Å². The zero-order chi connectivity index (χ0) is 20.5. The maximum atomic E-state index is 12.7. The first-order chi connectivity index (χ1) is 13.2. The Balaban J connectivity index is 0.00000109. The summed E-state index contributed by atoms with van der Waals surface area (Å²) in [5, 5.41) is 0. The lowest BCUT2D eigenvalue weighted by molar-refractivity contribution is 0.0212. The van der Waals surface area contributed by atoms with Crippen LogP contribution in [0.4, 0.5) is 4.79 Å². The lowest BCUT2D eigenvalue weighted by atomic mass is 10.0. The van der Waals surface area contributed by atoms with Gasteiger partial charge in [0.15, 0.2) is 0 Å². The van der Waals surface area contributed by atoms with Crippen molar-refractivity contribution in [2.45, 2.75) is 72.4 Å². The number of aromatic nitrogens is 2. The van der Waals surface area contributed by atoms with Gasteiger partial charge in [0.05, 0.1) is 17.9 Å². The zero-order valence-electron chi connectivity index (χ0n) is 18.0. The summed E-state index contributed by atoms with van der Waals surface area (Å²) in [7, 11) is 0. The highest BCUT2D eigenvalue weighted by Gasteiger charge is 2.55. The predicted octanol–water partition coefficient (Wildman–Crippen LogP) is 5.87. The molecule has 5 heteroatoms. The van der Waals surface area contributed by atoms with Gasteiger partial charge >= 0.3 is 6.09 Å². The molecule has 1 aromatic heterocycles. The van der Waals surface area contributed by atoms with Crippen LogP contribution in [0.2, 0.25) is 0 Å². The highest BCUT2D eigenvalue weighted by atomic mass is 16.6. The van der Waals surface area contributed by atoms with E-state index in [9.17, 15) is 4.79 Å². The number of carbonyl (C=O) groups is 1. The molecule has 1 saturated heterocycles. The third kappa shape index (κ3) is 4.40. The van der Waals surface area contributed by atoms with Crippen molar-refractivity contribution in [2.75, 3.05) is 6.54 Å². The Morgan fingerprint density at radius 2 is 1.86 bits per heavy atom. The highest BCUT2D eigenvalue weighted by molar-refractivity contribution is 5.69. The van der Waals surface area contributed by atoms with Gasteiger partial charge in [0.2, 0.25) is 0 Å². The van der Waals surface area contributed by atoms with Gasteiger partial charge in [0.25, 0.3) is 0 Å². The number of aryl methyl sites for hydroxylation is 1. The van der Waals surface area contributed by atoms with Gasteiger partial charge in [0.1, 0.15) is 11.4 Å². The van der Waals surface area contributed by atoms with E-state index in [0.29, 0.717) is 0 Å². The smallest absolute Gasteiger partial charge is 0.410 e. The van der Waals surface area contributed by atoms with Crippen LogP contribution in [0.25, 0.3) is 11.3 Å². The summed E-state index contributed by atoms with van der Waals surface area (Å²) in [5.74, 6) is 0.857. The fourth-order valence-corrected chi connectivity index (χ4v) is 3.74. The van der Waals surface area contributed by atoms with E-state index >= 15 is 0 Å². The summed E-state index contributed by atoms with van der Waals surface area (Å²) in [6.07, 6.45) is 4.97. The van der Waals surface area contributed by atoms with Crippen molar-refractivity contribution < 1.29 is 9.53 Å². The molecule has 1 amide bonds. The van der Waals surface area contributed by atoms with Gasteiger partial charge in [-0.2, -0.15) is 0 Å². The van der Waals surface area contributed by atoms with Crippen molar-refractivity contribution >= 4 is 6.09 Å². The standard InChI is InChI=1S/C21H27N3O2.C2H6/c1-14-5-7-15(8-6-14)16-12-22-18(23-16)17-11-21(9-10-21)13-24(17)19(25)26-20(2,3)4;1-2/h5-8,12,17H,9-11,13H2,1-4H3,(H,22,23);1-2H3. The van der Waals surface area contributed by atoms with Gasteiger partial charge in [-0.25, -0.2) is 9.78 Å². The summed E-state index contributed by atoms with van der Waals surface area (Å²) in [6, 6.07) is 8.34. The number of H-pyrrole nitrogens is 1. The first kappa shape index (κ1) is 20.4. The van der Waals surface area contributed by atoms with Gasteiger partial charge in [-0.05, 0) is 57.9 Å². The molecule has 1 saturated carbocycles. The molecule has 1 spiro atoms. The minimum absolute atomic E-state index is 0.0356. The van der Waals surface area contributed by atoms with Crippen LogP contribution in [0.1, 0.15) is 71.3 Å². The summed E-state index contributed by atoms with van der Waals surface area (Å²) in [4.78, 5) is 22.7. The van der Waals surface area contributed by atoms with Gasteiger partial charge in [-0.3, -0.25) is 4.90 Å². The molecule has 2 aromatic rings. The molecule has 1 aromatic carbocycles. The van der Waals surface area contributed by atoms with Crippen molar-refractivity contribution in [2.24, 2.45) is 5.41 Å². The number of carbonyl (C=O) groups excluding carboxylic acids is 1. The van der Waals surface area contributed by atoms with Gasteiger partial charge in [-0.15, -0.1) is 0 Å². The molecule has 1 aliphatic carbocycles. The summed E-state index contributed by atoms with van der Waals surface area (Å²) in [6.45, 7) is 12.6. The lowest BCUT2D eigenvalue weighted by Crippen LogP contribution is -2.37. The van der Waals surface area contributed by atoms with Gasteiger partial charge in [-0.1, -0.05) is 43.7 Å². The van der Waals surface area contributed by atoms with Crippen molar-refractivity contribution in [3.63, 3.8) is 0 Å². The average molecular weight is 384 g/mol. The largest absolute Gasteiger partial charge is 0.444 e. The van der Waals surface area contributed by atoms with E-state index in [0.717, 1.165) is 30.0 Å². The number of likely N-dealkylation sites (tertiary alicyclic amines) is 1. The van der Waals surface area contributed by atoms with Crippen LogP contribution in [-0.2, 0) is 4.74 Å². The van der Waals surface area contributed by atoms with Crippen LogP contribution in [0, 0.1) is 12.3 Å². The number of nitrogens with zero attached hydrogens (tertiary/aromatic N) is 2. The Morgan fingerprint density at radius 3 is 2.43 bits per heavy atom. The minimum Gasteiger partial charge on any atom is -0.444 e. The number of amides is 1. The van der Waals surface area contributed by atoms with E-state index in [1.807, 2.05) is 45.7 Å². The van der Waals surface area contributed by atoms with Crippen LogP contribution < -0.4 is 0 Å². The second-order valence-electron chi connectivity index (χ2n) is 8.88. The molecule has 0 bridgehead atoms. The average Bonchev–Trinajstić information content (AvgIpc) is 3.05. The summed E-state index contributed by atoms with van der Waals surface area (Å²) < 4.78 is 5.64. The molecule has 2 fully saturated rings. The maximum Gasteiger partial charge on any atom is 0.410 e. The van der Waals surface area contributed by atoms with Crippen molar-refractivity contribution in [1.29, 1.82) is 0 Å². The van der Waals surface area contributed by atoms with E-state index in [4.69, 9.17) is 4.74 Å². The maximum absolute atomic E-state index is 12.7. The Labute approximate surface area is 168 Å². The Bertz CT molecular complexity index is 813. The number of ether oxygens (including phenoxy) is 1. The summed E-state index contributed by atoms with van der Waals surface area (Å²) in [5.41, 5.74) is 3.12. The third-order valence-electron chi connectivity index (χ3n) is 5.37. The van der Waals surface area contributed by atoms with Crippen molar-refractivity contribution in [3.05, 3.63) is 41.9 Å². The Morgan fingerprint density at radius 1 is 1.21 bits per heavy atom. The van der Waals surface area contributed by atoms with E-state index < -0.39 is 5.60 Å². The van der Waals surface area contributed by atoms with Crippen LogP contribution in [0.5, 0.6) is 0 Å². The molecule has 28 heavy (non-hydrogen) atoms. The predicted molar refractivity (Wildman–Crippen MR) is 112 cm³/mol. The van der Waals surface area contributed by atoms with Crippen molar-refractivity contribution in [1.82, 2.24) is 14.9 Å². The molecule has 2 heterocycles. The Kier molecular flexibility index (Phi) is 5.55. The molecular formula is C23H33N3O2. The molecule has 152 valence electrons. The molecular weight excluding hydrogens is 350 g/mol. The monoisotopic (exact) mass is 383 g/mol. The number of imidazole rings is 1. The quantitative estimate of drug-likeness (QED) is 0.705. The zero-order valence-corrected chi connectivity index (χ0v) is 18.0. The fourth-order valence-electron chi connectivity index (χ4n) is 3.74. The third-order valence-corrected chi connectivity index (χ3v) is 5.37. The number of benzene rings is 1. The van der Waals surface area contributed by atoms with E-state index in [-0.39, 0.29) is 17.6 Å². The minimum atomic E-state index is -0.489. The molecule has 1 atom stereocenters. The molecule has 1 N–H and O–H groups in total. The number of nitrogens with one attached hydrogen (secondary N) is 1. The molecule has 0 radical (unpaired) electrons. The first-order valence-corrected chi connectivity index (χ1v) is 10.4. The van der Waals surface area contributed by atoms with Crippen LogP contribution in [-0.4, -0.2) is 33.1 Å². The van der Waals surface area contributed by atoms with E-state index in [1.165, 1.54) is 18.4 Å². The molecule has 2 aliphatic rings. The van der Waals surface area contributed by atoms with Crippen LogP contribution in [0.15, 0.2) is 30.5 Å². The summed E-state index contributed by atoms with van der Waals surface area (Å²) >= 11 is 0. The van der Waals surface area contributed by atoms with E-state index in [1.54, 1.807) is 0 Å². The van der Waals surface area contributed by atoms with Gasteiger partial charge < -0.3 is 9.72 Å². The second kappa shape index (κ2) is 7.61. The molecule has 1 unspecified atom stereocenters. The van der Waals surface area contributed by atoms with Gasteiger partial charge in [0, 0.05) is 6.54 Å². The topological polar surface area (TPSA) is 58.2 Å². The highest BCUT2D eigenvalue weighted by Crippen LogP contribution is 2.58. The van der Waals surface area contributed by atoms with Crippen LogP contribution >= 0.6 is 0 Å². The normalized spacial score (nSPS) is 19.9. The SMILES string of the molecule is CC.Cc1ccc(-c2cnc(C3CC4(CC4)CN3C(=O)OC(C)(C)C)[nH]2)cc1. The number of aromatic amines is 1. The molecule has 1 aliphatic heterocycles. The fraction of sp³-hybridized carbons (Fsp3) is 0.565. The molecule has 5 nitrogen and oxygen atoms in total. The number of hydrogen-bond donors (Lipinski definition) is 1. The van der Waals surface area contributed by atoms with Crippen LogP contribution in [0.3, 0.4) is 0 Å². The Hall–Kier alpha value is -2.30.